The Labute approximate surface area is 98.2 Å². The van der Waals surface area contributed by atoms with E-state index in [4.69, 9.17) is 4.74 Å². The van der Waals surface area contributed by atoms with E-state index in [0.717, 1.165) is 12.8 Å². The fraction of sp³-hybridized carbons (Fsp3) is 0.923. The van der Waals surface area contributed by atoms with Gasteiger partial charge in [0.1, 0.15) is 6.10 Å². The fourth-order valence-corrected chi connectivity index (χ4v) is 2.39. The smallest absolute Gasteiger partial charge is 0.308 e. The molecule has 1 N–H and O–H groups in total. The van der Waals surface area contributed by atoms with Crippen molar-refractivity contribution in [3.8, 4) is 0 Å². The number of rotatable bonds is 5. The first-order valence-corrected chi connectivity index (χ1v) is 6.30. The van der Waals surface area contributed by atoms with Gasteiger partial charge in [0.25, 0.3) is 0 Å². The number of aliphatic hydroxyl groups excluding tert-OH is 1. The van der Waals surface area contributed by atoms with Crippen molar-refractivity contribution in [3.05, 3.63) is 0 Å². The molecular formula is C13H24O3. The van der Waals surface area contributed by atoms with Crippen LogP contribution in [0.15, 0.2) is 0 Å². The van der Waals surface area contributed by atoms with Crippen LogP contribution in [0.2, 0.25) is 0 Å². The van der Waals surface area contributed by atoms with Crippen LogP contribution in [-0.4, -0.2) is 23.3 Å². The van der Waals surface area contributed by atoms with E-state index in [1.807, 2.05) is 0 Å². The highest BCUT2D eigenvalue weighted by Gasteiger charge is 2.28. The molecule has 0 bridgehead atoms. The molecule has 1 fully saturated rings. The summed E-state index contributed by atoms with van der Waals surface area (Å²) in [5.41, 5.74) is 0.309. The summed E-state index contributed by atoms with van der Waals surface area (Å²) in [6.45, 7) is 6.68. The first-order chi connectivity index (χ1) is 7.43. The standard InChI is InChI=1S/C13H24O3/c1-4-6-13(2,3)7-5-11-8-10(14)9-12(15)16-11/h10-11,14H,4-9H2,1-3H3. The second-order valence-electron chi connectivity index (χ2n) is 5.66. The van der Waals surface area contributed by atoms with Crippen molar-refractivity contribution in [2.75, 3.05) is 0 Å². The van der Waals surface area contributed by atoms with E-state index >= 15 is 0 Å². The average Bonchev–Trinajstić information content (AvgIpc) is 2.13. The molecule has 0 aromatic heterocycles. The number of esters is 1. The molecule has 1 saturated heterocycles. The lowest BCUT2D eigenvalue weighted by molar-refractivity contribution is -0.160. The quantitative estimate of drug-likeness (QED) is 0.736. The highest BCUT2D eigenvalue weighted by molar-refractivity contribution is 5.70. The molecule has 16 heavy (non-hydrogen) atoms. The zero-order valence-electron chi connectivity index (χ0n) is 10.7. The Balaban J connectivity index is 2.34. The van der Waals surface area contributed by atoms with Crippen LogP contribution in [0.1, 0.15) is 59.3 Å². The number of cyclic esters (lactones) is 1. The molecule has 0 aliphatic carbocycles. The molecule has 2 atom stereocenters. The van der Waals surface area contributed by atoms with Gasteiger partial charge in [0.2, 0.25) is 0 Å². The fourth-order valence-electron chi connectivity index (χ4n) is 2.39. The second kappa shape index (κ2) is 5.67. The van der Waals surface area contributed by atoms with E-state index in [2.05, 4.69) is 20.8 Å². The summed E-state index contributed by atoms with van der Waals surface area (Å²) in [5.74, 6) is -0.253. The summed E-state index contributed by atoms with van der Waals surface area (Å²) < 4.78 is 5.23. The zero-order chi connectivity index (χ0) is 12.2. The predicted octanol–water partition coefficient (Wildman–Crippen LogP) is 2.66. The first kappa shape index (κ1) is 13.5. The SMILES string of the molecule is CCCC(C)(C)CCC1CC(O)CC(=O)O1. The Hall–Kier alpha value is -0.570. The maximum absolute atomic E-state index is 11.2. The Morgan fingerprint density at radius 1 is 1.44 bits per heavy atom. The van der Waals surface area contributed by atoms with Gasteiger partial charge in [0.05, 0.1) is 12.5 Å². The molecular weight excluding hydrogens is 204 g/mol. The Bertz CT molecular complexity index is 235. The molecule has 3 heteroatoms. The minimum Gasteiger partial charge on any atom is -0.462 e. The molecule has 0 aromatic rings. The molecule has 0 radical (unpaired) electrons. The Kier molecular flexibility index (Phi) is 4.78. The molecule has 1 heterocycles. The van der Waals surface area contributed by atoms with Gasteiger partial charge in [-0.3, -0.25) is 4.79 Å². The molecule has 1 rings (SSSR count). The van der Waals surface area contributed by atoms with E-state index in [-0.39, 0.29) is 18.5 Å². The summed E-state index contributed by atoms with van der Waals surface area (Å²) >= 11 is 0. The number of carbonyl (C=O) groups is 1. The zero-order valence-corrected chi connectivity index (χ0v) is 10.7. The van der Waals surface area contributed by atoms with Crippen LogP contribution in [0, 0.1) is 5.41 Å². The van der Waals surface area contributed by atoms with E-state index in [1.165, 1.54) is 12.8 Å². The molecule has 0 saturated carbocycles. The number of hydrogen-bond donors (Lipinski definition) is 1. The van der Waals surface area contributed by atoms with E-state index in [0.29, 0.717) is 11.8 Å². The van der Waals surface area contributed by atoms with Crippen LogP contribution >= 0.6 is 0 Å². The van der Waals surface area contributed by atoms with Crippen molar-refractivity contribution in [1.29, 1.82) is 0 Å². The highest BCUT2D eigenvalue weighted by atomic mass is 16.5. The van der Waals surface area contributed by atoms with Gasteiger partial charge in [0.15, 0.2) is 0 Å². The second-order valence-corrected chi connectivity index (χ2v) is 5.66. The molecule has 1 aliphatic heterocycles. The molecule has 2 unspecified atom stereocenters. The molecule has 0 spiro atoms. The van der Waals surface area contributed by atoms with Crippen molar-refractivity contribution in [2.24, 2.45) is 5.41 Å². The van der Waals surface area contributed by atoms with Gasteiger partial charge in [-0.15, -0.1) is 0 Å². The molecule has 3 nitrogen and oxygen atoms in total. The Morgan fingerprint density at radius 2 is 2.12 bits per heavy atom. The maximum Gasteiger partial charge on any atom is 0.308 e. The maximum atomic E-state index is 11.2. The normalized spacial score (nSPS) is 26.6. The van der Waals surface area contributed by atoms with Crippen molar-refractivity contribution >= 4 is 5.97 Å². The largest absolute Gasteiger partial charge is 0.462 e. The van der Waals surface area contributed by atoms with Crippen molar-refractivity contribution in [3.63, 3.8) is 0 Å². The lowest BCUT2D eigenvalue weighted by Crippen LogP contribution is -2.33. The van der Waals surface area contributed by atoms with E-state index in [9.17, 15) is 9.90 Å². The third kappa shape index (κ3) is 4.52. The first-order valence-electron chi connectivity index (χ1n) is 6.30. The summed E-state index contributed by atoms with van der Waals surface area (Å²) in [5, 5.41) is 9.48. The minimum atomic E-state index is -0.500. The van der Waals surface area contributed by atoms with Gasteiger partial charge >= 0.3 is 5.97 Å². The van der Waals surface area contributed by atoms with Gasteiger partial charge in [-0.25, -0.2) is 0 Å². The van der Waals surface area contributed by atoms with Gasteiger partial charge in [0, 0.05) is 6.42 Å². The van der Waals surface area contributed by atoms with Gasteiger partial charge in [-0.2, -0.15) is 0 Å². The van der Waals surface area contributed by atoms with Gasteiger partial charge in [-0.1, -0.05) is 27.2 Å². The van der Waals surface area contributed by atoms with Crippen LogP contribution in [0.5, 0.6) is 0 Å². The lowest BCUT2D eigenvalue weighted by Gasteiger charge is -2.30. The monoisotopic (exact) mass is 228 g/mol. The number of ether oxygens (including phenoxy) is 1. The number of hydrogen-bond acceptors (Lipinski definition) is 3. The third-order valence-corrected chi connectivity index (χ3v) is 3.31. The average molecular weight is 228 g/mol. The highest BCUT2D eigenvalue weighted by Crippen LogP contribution is 2.31. The molecule has 0 aromatic carbocycles. The van der Waals surface area contributed by atoms with Crippen molar-refractivity contribution in [2.45, 2.75) is 71.5 Å². The summed E-state index contributed by atoms with van der Waals surface area (Å²) in [6, 6.07) is 0. The van der Waals surface area contributed by atoms with Crippen LogP contribution in [0.3, 0.4) is 0 Å². The molecule has 94 valence electrons. The summed E-state index contributed by atoms with van der Waals surface area (Å²) in [6.07, 6.45) is 4.48. The minimum absolute atomic E-state index is 0.0765. The summed E-state index contributed by atoms with van der Waals surface area (Å²) in [4.78, 5) is 11.2. The predicted molar refractivity (Wildman–Crippen MR) is 63.0 cm³/mol. The van der Waals surface area contributed by atoms with Gasteiger partial charge in [-0.05, 0) is 24.7 Å². The number of aliphatic hydroxyl groups is 1. The van der Waals surface area contributed by atoms with Crippen LogP contribution in [-0.2, 0) is 9.53 Å². The third-order valence-electron chi connectivity index (χ3n) is 3.31. The summed E-state index contributed by atoms with van der Waals surface area (Å²) in [7, 11) is 0. The molecule has 1 aliphatic rings. The van der Waals surface area contributed by atoms with Gasteiger partial charge < -0.3 is 9.84 Å². The van der Waals surface area contributed by atoms with Crippen LogP contribution < -0.4 is 0 Å². The van der Waals surface area contributed by atoms with E-state index in [1.54, 1.807) is 0 Å². The van der Waals surface area contributed by atoms with Crippen molar-refractivity contribution < 1.29 is 14.6 Å². The topological polar surface area (TPSA) is 46.5 Å². The molecule has 0 amide bonds. The lowest BCUT2D eigenvalue weighted by atomic mass is 9.82. The Morgan fingerprint density at radius 3 is 2.69 bits per heavy atom. The van der Waals surface area contributed by atoms with Crippen molar-refractivity contribution in [1.82, 2.24) is 0 Å². The number of carbonyl (C=O) groups excluding carboxylic acids is 1. The van der Waals surface area contributed by atoms with Crippen LogP contribution in [0.25, 0.3) is 0 Å². The van der Waals surface area contributed by atoms with E-state index < -0.39 is 6.10 Å². The van der Waals surface area contributed by atoms with Crippen LogP contribution in [0.4, 0.5) is 0 Å².